The summed E-state index contributed by atoms with van der Waals surface area (Å²) >= 11 is 3.44. The predicted octanol–water partition coefficient (Wildman–Crippen LogP) is 2.74. The van der Waals surface area contributed by atoms with Crippen LogP contribution in [0.3, 0.4) is 0 Å². The first-order chi connectivity index (χ1) is 12.9. The van der Waals surface area contributed by atoms with Crippen LogP contribution in [0.15, 0.2) is 58.2 Å². The molecule has 142 valence electrons. The molecule has 1 aromatic carbocycles. The van der Waals surface area contributed by atoms with Gasteiger partial charge < -0.3 is 4.40 Å². The number of nitrogens with zero attached hydrogens (tertiary/aromatic N) is 4. The number of piperazine rings is 1. The first kappa shape index (κ1) is 18.5. The van der Waals surface area contributed by atoms with E-state index in [9.17, 15) is 12.8 Å². The van der Waals surface area contributed by atoms with Crippen molar-refractivity contribution in [3.8, 4) is 0 Å². The Morgan fingerprint density at radius 1 is 1.07 bits per heavy atom. The summed E-state index contributed by atoms with van der Waals surface area (Å²) in [6.45, 7) is 2.61. The van der Waals surface area contributed by atoms with Gasteiger partial charge in [-0.1, -0.05) is 6.07 Å². The summed E-state index contributed by atoms with van der Waals surface area (Å²) in [4.78, 5) is 6.78. The number of benzene rings is 1. The summed E-state index contributed by atoms with van der Waals surface area (Å²) in [6.07, 6.45) is 3.94. The van der Waals surface area contributed by atoms with Crippen LogP contribution >= 0.6 is 15.9 Å². The third kappa shape index (κ3) is 3.91. The SMILES string of the molecule is O=S(=O)(c1cccc(F)c1)N1CCN(Cc2cn3cc(Br)ccc3n2)CC1. The quantitative estimate of drug-likeness (QED) is 0.610. The van der Waals surface area contributed by atoms with Crippen LogP contribution in [0.2, 0.25) is 0 Å². The van der Waals surface area contributed by atoms with Crippen molar-refractivity contribution < 1.29 is 12.8 Å². The molecule has 9 heteroatoms. The van der Waals surface area contributed by atoms with Crippen molar-refractivity contribution in [3.63, 3.8) is 0 Å². The van der Waals surface area contributed by atoms with Gasteiger partial charge in [0.2, 0.25) is 10.0 Å². The number of sulfonamides is 1. The van der Waals surface area contributed by atoms with Crippen molar-refractivity contribution in [2.24, 2.45) is 0 Å². The number of imidazole rings is 1. The Balaban J connectivity index is 1.42. The molecule has 6 nitrogen and oxygen atoms in total. The van der Waals surface area contributed by atoms with Gasteiger partial charge in [0, 0.05) is 49.6 Å². The Morgan fingerprint density at radius 2 is 1.85 bits per heavy atom. The largest absolute Gasteiger partial charge is 0.306 e. The van der Waals surface area contributed by atoms with E-state index in [4.69, 9.17) is 0 Å². The van der Waals surface area contributed by atoms with E-state index in [2.05, 4.69) is 25.8 Å². The van der Waals surface area contributed by atoms with Gasteiger partial charge in [0.25, 0.3) is 0 Å². The van der Waals surface area contributed by atoms with Crippen LogP contribution in [0.25, 0.3) is 5.65 Å². The van der Waals surface area contributed by atoms with Crippen LogP contribution in [-0.2, 0) is 16.6 Å². The molecule has 2 aromatic heterocycles. The van der Waals surface area contributed by atoms with E-state index in [1.54, 1.807) is 0 Å². The highest BCUT2D eigenvalue weighted by Crippen LogP contribution is 2.19. The van der Waals surface area contributed by atoms with Crippen molar-refractivity contribution in [1.29, 1.82) is 0 Å². The zero-order valence-electron chi connectivity index (χ0n) is 14.4. The minimum absolute atomic E-state index is 0.00174. The fraction of sp³-hybridized carbons (Fsp3) is 0.278. The summed E-state index contributed by atoms with van der Waals surface area (Å²) in [7, 11) is -3.66. The lowest BCUT2D eigenvalue weighted by atomic mass is 10.3. The van der Waals surface area contributed by atoms with Gasteiger partial charge in [-0.05, 0) is 46.3 Å². The van der Waals surface area contributed by atoms with Crippen LogP contribution in [0.4, 0.5) is 4.39 Å². The van der Waals surface area contributed by atoms with Crippen molar-refractivity contribution in [1.82, 2.24) is 18.6 Å². The summed E-state index contributed by atoms with van der Waals surface area (Å²) in [6, 6.07) is 9.04. The summed E-state index contributed by atoms with van der Waals surface area (Å²) in [5.74, 6) is -0.548. The number of hydrogen-bond acceptors (Lipinski definition) is 4. The fourth-order valence-electron chi connectivity index (χ4n) is 3.23. The van der Waals surface area contributed by atoms with E-state index in [1.807, 2.05) is 28.9 Å². The molecule has 0 saturated carbocycles. The minimum Gasteiger partial charge on any atom is -0.306 e. The molecule has 0 atom stereocenters. The molecule has 4 rings (SSSR count). The Bertz CT molecular complexity index is 1080. The first-order valence-corrected chi connectivity index (χ1v) is 10.8. The molecule has 1 fully saturated rings. The highest BCUT2D eigenvalue weighted by atomic mass is 79.9. The molecule has 1 aliphatic heterocycles. The maximum absolute atomic E-state index is 13.4. The van der Waals surface area contributed by atoms with Crippen LogP contribution in [-0.4, -0.2) is 53.2 Å². The van der Waals surface area contributed by atoms with Gasteiger partial charge in [0.1, 0.15) is 11.5 Å². The molecule has 0 amide bonds. The number of pyridine rings is 1. The third-order valence-electron chi connectivity index (χ3n) is 4.62. The van der Waals surface area contributed by atoms with E-state index in [0.717, 1.165) is 21.9 Å². The van der Waals surface area contributed by atoms with E-state index in [1.165, 1.54) is 22.5 Å². The predicted molar refractivity (Wildman–Crippen MR) is 103 cm³/mol. The topological polar surface area (TPSA) is 57.9 Å². The molecule has 1 aliphatic rings. The molecule has 27 heavy (non-hydrogen) atoms. The summed E-state index contributed by atoms with van der Waals surface area (Å²) in [5.41, 5.74) is 1.81. The molecule has 0 bridgehead atoms. The second-order valence-electron chi connectivity index (χ2n) is 6.48. The second-order valence-corrected chi connectivity index (χ2v) is 9.34. The van der Waals surface area contributed by atoms with E-state index in [0.29, 0.717) is 32.7 Å². The lowest BCUT2D eigenvalue weighted by Gasteiger charge is -2.33. The maximum atomic E-state index is 13.4. The molecule has 0 radical (unpaired) electrons. The molecule has 0 spiro atoms. The van der Waals surface area contributed by atoms with E-state index < -0.39 is 15.8 Å². The minimum atomic E-state index is -3.66. The number of fused-ring (bicyclic) bond motifs is 1. The van der Waals surface area contributed by atoms with E-state index >= 15 is 0 Å². The van der Waals surface area contributed by atoms with Crippen molar-refractivity contribution in [3.05, 3.63) is 64.8 Å². The molecular formula is C18H18BrFN4O2S. The zero-order valence-corrected chi connectivity index (χ0v) is 16.8. The van der Waals surface area contributed by atoms with Crippen LogP contribution < -0.4 is 0 Å². The van der Waals surface area contributed by atoms with E-state index in [-0.39, 0.29) is 4.90 Å². The molecular weight excluding hydrogens is 435 g/mol. The standard InChI is InChI=1S/C18H18BrFN4O2S/c19-14-4-5-18-21-16(13-23(18)11-14)12-22-6-8-24(9-7-22)27(25,26)17-3-1-2-15(20)10-17/h1-5,10-11,13H,6-9,12H2. The van der Waals surface area contributed by atoms with Crippen molar-refractivity contribution in [2.75, 3.05) is 26.2 Å². The molecule has 0 aliphatic carbocycles. The van der Waals surface area contributed by atoms with Gasteiger partial charge in [-0.3, -0.25) is 4.90 Å². The Kier molecular flexibility index (Phi) is 5.02. The highest BCUT2D eigenvalue weighted by Gasteiger charge is 2.28. The highest BCUT2D eigenvalue weighted by molar-refractivity contribution is 9.10. The van der Waals surface area contributed by atoms with Gasteiger partial charge in [-0.25, -0.2) is 17.8 Å². The Labute approximate surface area is 165 Å². The molecule has 0 unspecified atom stereocenters. The van der Waals surface area contributed by atoms with Crippen LogP contribution in [0, 0.1) is 5.82 Å². The van der Waals surface area contributed by atoms with Gasteiger partial charge in [-0.15, -0.1) is 0 Å². The second kappa shape index (κ2) is 7.31. The normalized spacial score (nSPS) is 16.8. The summed E-state index contributed by atoms with van der Waals surface area (Å²) in [5, 5.41) is 0. The maximum Gasteiger partial charge on any atom is 0.243 e. The monoisotopic (exact) mass is 452 g/mol. The average Bonchev–Trinajstić information content (AvgIpc) is 3.03. The van der Waals surface area contributed by atoms with Gasteiger partial charge >= 0.3 is 0 Å². The van der Waals surface area contributed by atoms with Gasteiger partial charge in [0.05, 0.1) is 10.6 Å². The smallest absolute Gasteiger partial charge is 0.243 e. The van der Waals surface area contributed by atoms with Gasteiger partial charge in [-0.2, -0.15) is 4.31 Å². The number of rotatable bonds is 4. The molecule has 3 heterocycles. The number of aromatic nitrogens is 2. The number of hydrogen-bond donors (Lipinski definition) is 0. The third-order valence-corrected chi connectivity index (χ3v) is 6.98. The first-order valence-electron chi connectivity index (χ1n) is 8.53. The Hall–Kier alpha value is -1.81. The van der Waals surface area contributed by atoms with Crippen molar-refractivity contribution in [2.45, 2.75) is 11.4 Å². The lowest BCUT2D eigenvalue weighted by Crippen LogP contribution is -2.48. The summed E-state index contributed by atoms with van der Waals surface area (Å²) < 4.78 is 43.1. The molecule has 3 aromatic rings. The molecule has 0 N–H and O–H groups in total. The lowest BCUT2D eigenvalue weighted by molar-refractivity contribution is 0.180. The van der Waals surface area contributed by atoms with Gasteiger partial charge in [0.15, 0.2) is 0 Å². The van der Waals surface area contributed by atoms with Crippen LogP contribution in [0.5, 0.6) is 0 Å². The average molecular weight is 453 g/mol. The van der Waals surface area contributed by atoms with Crippen molar-refractivity contribution >= 4 is 31.6 Å². The number of halogens is 2. The zero-order chi connectivity index (χ0) is 19.0. The Morgan fingerprint density at radius 3 is 2.59 bits per heavy atom. The van der Waals surface area contributed by atoms with Crippen LogP contribution in [0.1, 0.15) is 5.69 Å². The fourth-order valence-corrected chi connectivity index (χ4v) is 5.03. The molecule has 1 saturated heterocycles.